The zero-order chi connectivity index (χ0) is 14.7. The van der Waals surface area contributed by atoms with Crippen molar-refractivity contribution >= 4 is 17.2 Å². The number of carbonyl (C=O) groups excluding carboxylic acids is 1. The molecule has 0 radical (unpaired) electrons. The maximum absolute atomic E-state index is 12.5. The van der Waals surface area contributed by atoms with E-state index >= 15 is 0 Å². The second kappa shape index (κ2) is 6.41. The molecule has 2 aromatic rings. The molecule has 2 aromatic heterocycles. The van der Waals surface area contributed by atoms with E-state index in [4.69, 9.17) is 4.42 Å². The highest BCUT2D eigenvalue weighted by molar-refractivity contribution is 7.16. The van der Waals surface area contributed by atoms with Crippen LogP contribution in [0.15, 0.2) is 29.0 Å². The topological polar surface area (TPSA) is 58.4 Å². The van der Waals surface area contributed by atoms with Crippen LogP contribution in [-0.4, -0.2) is 42.5 Å². The molecule has 1 aliphatic heterocycles. The molecule has 1 amide bonds. The molecule has 1 aliphatic rings. The number of furan rings is 1. The van der Waals surface area contributed by atoms with Gasteiger partial charge in [0, 0.05) is 13.1 Å². The Labute approximate surface area is 128 Å². The quantitative estimate of drug-likeness (QED) is 0.943. The van der Waals surface area contributed by atoms with Crippen LogP contribution >= 0.6 is 11.3 Å². The van der Waals surface area contributed by atoms with E-state index in [-0.39, 0.29) is 5.91 Å². The molecule has 0 bridgehead atoms. The lowest BCUT2D eigenvalue weighted by molar-refractivity contribution is 0.0695. The van der Waals surface area contributed by atoms with Crippen LogP contribution in [0.2, 0.25) is 0 Å². The molecule has 3 heterocycles. The van der Waals surface area contributed by atoms with Crippen LogP contribution in [0.25, 0.3) is 10.8 Å². The lowest BCUT2D eigenvalue weighted by atomic mass is 9.97. The molecule has 21 heavy (non-hydrogen) atoms. The molecule has 0 atom stereocenters. The zero-order valence-corrected chi connectivity index (χ0v) is 12.9. The van der Waals surface area contributed by atoms with Crippen molar-refractivity contribution in [3.63, 3.8) is 0 Å². The van der Waals surface area contributed by atoms with Gasteiger partial charge >= 0.3 is 0 Å². The second-order valence-electron chi connectivity index (χ2n) is 5.30. The second-order valence-corrected chi connectivity index (χ2v) is 6.33. The summed E-state index contributed by atoms with van der Waals surface area (Å²) in [6, 6.07) is 3.68. The molecule has 1 saturated heterocycles. The van der Waals surface area contributed by atoms with Crippen LogP contribution in [0.5, 0.6) is 0 Å². The highest BCUT2D eigenvalue weighted by Gasteiger charge is 2.24. The van der Waals surface area contributed by atoms with Gasteiger partial charge in [0.15, 0.2) is 10.8 Å². The summed E-state index contributed by atoms with van der Waals surface area (Å²) in [5, 5.41) is 3.97. The van der Waals surface area contributed by atoms with Gasteiger partial charge in [-0.3, -0.25) is 4.79 Å². The molecule has 1 fully saturated rings. The third kappa shape index (κ3) is 3.16. The van der Waals surface area contributed by atoms with Gasteiger partial charge in [-0.2, -0.15) is 0 Å². The zero-order valence-electron chi connectivity index (χ0n) is 12.0. The van der Waals surface area contributed by atoms with Crippen molar-refractivity contribution in [2.45, 2.75) is 12.8 Å². The number of amides is 1. The van der Waals surface area contributed by atoms with Gasteiger partial charge in [0.05, 0.1) is 12.5 Å². The van der Waals surface area contributed by atoms with Crippen LogP contribution in [0.1, 0.15) is 22.5 Å². The molecule has 0 aromatic carbocycles. The molecule has 6 heteroatoms. The van der Waals surface area contributed by atoms with E-state index in [1.165, 1.54) is 11.3 Å². The Morgan fingerprint density at radius 3 is 3.00 bits per heavy atom. The summed E-state index contributed by atoms with van der Waals surface area (Å²) >= 11 is 1.40. The average Bonchev–Trinajstić information content (AvgIpc) is 3.19. The predicted octanol–water partition coefficient (Wildman–Crippen LogP) is 2.47. The first-order valence-corrected chi connectivity index (χ1v) is 8.03. The van der Waals surface area contributed by atoms with Gasteiger partial charge in [-0.15, -0.1) is 11.3 Å². The summed E-state index contributed by atoms with van der Waals surface area (Å²) < 4.78 is 5.32. The minimum atomic E-state index is 0.0909. The number of carbonyl (C=O) groups is 1. The maximum atomic E-state index is 12.5. The first-order chi connectivity index (χ1) is 10.3. The van der Waals surface area contributed by atoms with Gasteiger partial charge in [0.2, 0.25) is 0 Å². The molecular formula is C15H19N3O2S. The van der Waals surface area contributed by atoms with Gasteiger partial charge in [-0.25, -0.2) is 4.98 Å². The standard InChI is InChI=1S/C15H19N3O2S/c1-16-9-11-4-6-18(7-5-11)15(19)13-10-17-14(21-13)12-3-2-8-20-12/h2-3,8,10-11,16H,4-7,9H2,1H3. The van der Waals surface area contributed by atoms with Crippen molar-refractivity contribution in [1.29, 1.82) is 0 Å². The van der Waals surface area contributed by atoms with Crippen molar-refractivity contribution in [1.82, 2.24) is 15.2 Å². The molecule has 1 N–H and O–H groups in total. The molecule has 0 saturated carbocycles. The number of rotatable bonds is 4. The number of aromatic nitrogens is 1. The summed E-state index contributed by atoms with van der Waals surface area (Å²) in [5.41, 5.74) is 0. The molecule has 0 spiro atoms. The SMILES string of the molecule is CNCC1CCN(C(=O)c2cnc(-c3ccco3)s2)CC1. The van der Waals surface area contributed by atoms with Gasteiger partial charge in [0.25, 0.3) is 5.91 Å². The van der Waals surface area contributed by atoms with Crippen molar-refractivity contribution in [3.05, 3.63) is 29.5 Å². The highest BCUT2D eigenvalue weighted by atomic mass is 32.1. The van der Waals surface area contributed by atoms with Gasteiger partial charge < -0.3 is 14.6 Å². The maximum Gasteiger partial charge on any atom is 0.265 e. The molecule has 0 unspecified atom stereocenters. The Balaban J connectivity index is 1.64. The lowest BCUT2D eigenvalue weighted by Crippen LogP contribution is -2.40. The van der Waals surface area contributed by atoms with E-state index in [2.05, 4.69) is 10.3 Å². The van der Waals surface area contributed by atoms with Crippen LogP contribution in [0, 0.1) is 5.92 Å². The molecule has 112 valence electrons. The smallest absolute Gasteiger partial charge is 0.265 e. The van der Waals surface area contributed by atoms with Crippen LogP contribution in [-0.2, 0) is 0 Å². The van der Waals surface area contributed by atoms with Crippen LogP contribution in [0.3, 0.4) is 0 Å². The lowest BCUT2D eigenvalue weighted by Gasteiger charge is -2.31. The number of thiazole rings is 1. The van der Waals surface area contributed by atoms with E-state index in [9.17, 15) is 4.79 Å². The van der Waals surface area contributed by atoms with E-state index in [0.717, 1.165) is 37.5 Å². The van der Waals surface area contributed by atoms with E-state index in [0.29, 0.717) is 16.6 Å². The minimum absolute atomic E-state index is 0.0909. The number of nitrogens with one attached hydrogen (secondary N) is 1. The Kier molecular flexibility index (Phi) is 4.36. The number of hydrogen-bond donors (Lipinski definition) is 1. The minimum Gasteiger partial charge on any atom is -0.462 e. The van der Waals surface area contributed by atoms with Gasteiger partial charge in [-0.05, 0) is 44.5 Å². The average molecular weight is 305 g/mol. The van der Waals surface area contributed by atoms with Gasteiger partial charge in [0.1, 0.15) is 4.88 Å². The predicted molar refractivity (Wildman–Crippen MR) is 82.4 cm³/mol. The fourth-order valence-electron chi connectivity index (χ4n) is 2.67. The Hall–Kier alpha value is -1.66. The van der Waals surface area contributed by atoms with Crippen molar-refractivity contribution in [3.8, 4) is 10.8 Å². The first kappa shape index (κ1) is 14.3. The molecule has 0 aliphatic carbocycles. The number of nitrogens with zero attached hydrogens (tertiary/aromatic N) is 2. The summed E-state index contributed by atoms with van der Waals surface area (Å²) in [6.45, 7) is 2.70. The van der Waals surface area contributed by atoms with Crippen molar-refractivity contribution < 1.29 is 9.21 Å². The van der Waals surface area contributed by atoms with Crippen LogP contribution < -0.4 is 5.32 Å². The Bertz CT molecular complexity index is 586. The molecule has 3 rings (SSSR count). The molecular weight excluding hydrogens is 286 g/mol. The summed E-state index contributed by atoms with van der Waals surface area (Å²) in [6.07, 6.45) is 5.40. The fourth-order valence-corrected chi connectivity index (χ4v) is 3.52. The third-order valence-corrected chi connectivity index (χ3v) is 4.84. The normalized spacial score (nSPS) is 16.3. The third-order valence-electron chi connectivity index (χ3n) is 3.84. The fraction of sp³-hybridized carbons (Fsp3) is 0.467. The number of piperidine rings is 1. The Morgan fingerprint density at radius 2 is 2.33 bits per heavy atom. The van der Waals surface area contributed by atoms with E-state index in [1.54, 1.807) is 12.5 Å². The van der Waals surface area contributed by atoms with E-state index in [1.807, 2.05) is 24.1 Å². The highest BCUT2D eigenvalue weighted by Crippen LogP contribution is 2.27. The van der Waals surface area contributed by atoms with Crippen LogP contribution in [0.4, 0.5) is 0 Å². The van der Waals surface area contributed by atoms with Gasteiger partial charge in [-0.1, -0.05) is 0 Å². The summed E-state index contributed by atoms with van der Waals surface area (Å²) in [7, 11) is 1.98. The molecule has 5 nitrogen and oxygen atoms in total. The largest absolute Gasteiger partial charge is 0.462 e. The van der Waals surface area contributed by atoms with Crippen molar-refractivity contribution in [2.75, 3.05) is 26.7 Å². The summed E-state index contributed by atoms with van der Waals surface area (Å²) in [4.78, 5) is 19.4. The Morgan fingerprint density at radius 1 is 1.52 bits per heavy atom. The summed E-state index contributed by atoms with van der Waals surface area (Å²) in [5.74, 6) is 1.49. The number of likely N-dealkylation sites (tertiary alicyclic amines) is 1. The number of hydrogen-bond acceptors (Lipinski definition) is 5. The van der Waals surface area contributed by atoms with Crippen molar-refractivity contribution in [2.24, 2.45) is 5.92 Å². The first-order valence-electron chi connectivity index (χ1n) is 7.21. The van der Waals surface area contributed by atoms with E-state index < -0.39 is 0 Å². The monoisotopic (exact) mass is 305 g/mol.